The maximum absolute atomic E-state index is 11.8. The van der Waals surface area contributed by atoms with E-state index in [4.69, 9.17) is 4.74 Å². The Labute approximate surface area is 173 Å². The Kier molecular flexibility index (Phi) is 10.9. The van der Waals surface area contributed by atoms with Crippen LogP contribution in [0.5, 0.6) is 0 Å². The molecule has 0 saturated carbocycles. The van der Waals surface area contributed by atoms with Gasteiger partial charge in [-0.1, -0.05) is 81.6 Å². The first kappa shape index (κ1) is 24.2. The van der Waals surface area contributed by atoms with Gasteiger partial charge in [0, 0.05) is 6.08 Å². The van der Waals surface area contributed by atoms with Crippen molar-refractivity contribution < 1.29 is 9.53 Å². The number of allylic oxidation sites excluding steroid dienone is 9. The minimum absolute atomic E-state index is 0.249. The first-order chi connectivity index (χ1) is 13.3. The third-order valence-electron chi connectivity index (χ3n) is 5.36. The second-order valence-corrected chi connectivity index (χ2v) is 8.65. The molecule has 0 aromatic rings. The number of carbonyl (C=O) groups is 1. The van der Waals surface area contributed by atoms with Gasteiger partial charge in [-0.05, 0) is 63.0 Å². The molecule has 0 atom stereocenters. The topological polar surface area (TPSA) is 26.3 Å². The van der Waals surface area contributed by atoms with Crippen LogP contribution in [0.3, 0.4) is 0 Å². The minimum Gasteiger partial charge on any atom is -0.463 e. The van der Waals surface area contributed by atoms with Gasteiger partial charge in [-0.15, -0.1) is 0 Å². The van der Waals surface area contributed by atoms with E-state index >= 15 is 0 Å². The van der Waals surface area contributed by atoms with Crippen LogP contribution in [-0.2, 0) is 9.53 Å². The van der Waals surface area contributed by atoms with Crippen LogP contribution in [0, 0.1) is 5.41 Å². The Morgan fingerprint density at radius 3 is 2.54 bits per heavy atom. The van der Waals surface area contributed by atoms with E-state index in [1.165, 1.54) is 48.8 Å². The normalized spacial score (nSPS) is 18.4. The molecule has 28 heavy (non-hydrogen) atoms. The first-order valence-corrected chi connectivity index (χ1v) is 10.8. The van der Waals surface area contributed by atoms with Gasteiger partial charge in [0.1, 0.15) is 0 Å². The summed E-state index contributed by atoms with van der Waals surface area (Å²) >= 11 is 0. The highest BCUT2D eigenvalue weighted by Crippen LogP contribution is 2.40. The number of rotatable bonds is 10. The summed E-state index contributed by atoms with van der Waals surface area (Å²) in [4.78, 5) is 11.8. The smallest absolute Gasteiger partial charge is 0.331 e. The van der Waals surface area contributed by atoms with Crippen LogP contribution in [0.15, 0.2) is 58.7 Å². The van der Waals surface area contributed by atoms with Crippen molar-refractivity contribution in [1.29, 1.82) is 0 Å². The lowest BCUT2D eigenvalue weighted by atomic mass is 9.72. The molecule has 1 rings (SSSR count). The molecule has 0 heterocycles. The van der Waals surface area contributed by atoms with E-state index in [1.807, 2.05) is 19.1 Å². The Bertz CT molecular complexity index is 654. The molecular formula is C26H40O2. The third-order valence-corrected chi connectivity index (χ3v) is 5.36. The van der Waals surface area contributed by atoms with E-state index in [2.05, 4.69) is 52.8 Å². The molecule has 0 aromatic heterocycles. The number of hydrogen-bond donors (Lipinski definition) is 0. The Morgan fingerprint density at radius 1 is 1.11 bits per heavy atom. The van der Waals surface area contributed by atoms with Crippen molar-refractivity contribution in [2.24, 2.45) is 5.41 Å². The first-order valence-electron chi connectivity index (χ1n) is 10.8. The summed E-state index contributed by atoms with van der Waals surface area (Å²) in [7, 11) is 0. The van der Waals surface area contributed by atoms with Gasteiger partial charge in [-0.3, -0.25) is 0 Å². The van der Waals surface area contributed by atoms with Gasteiger partial charge in [-0.2, -0.15) is 0 Å². The maximum Gasteiger partial charge on any atom is 0.331 e. The van der Waals surface area contributed by atoms with E-state index in [0.29, 0.717) is 6.61 Å². The van der Waals surface area contributed by atoms with E-state index in [1.54, 1.807) is 6.08 Å². The molecule has 1 aliphatic carbocycles. The molecule has 0 saturated heterocycles. The lowest BCUT2D eigenvalue weighted by Gasteiger charge is -2.32. The van der Waals surface area contributed by atoms with Crippen molar-refractivity contribution in [2.45, 2.75) is 86.5 Å². The summed E-state index contributed by atoms with van der Waals surface area (Å²) in [6, 6.07) is 0. The number of hydrogen-bond acceptors (Lipinski definition) is 2. The zero-order valence-corrected chi connectivity index (χ0v) is 18.9. The fourth-order valence-electron chi connectivity index (χ4n) is 3.61. The molecule has 0 amide bonds. The lowest BCUT2D eigenvalue weighted by molar-refractivity contribution is -0.137. The molecule has 0 N–H and O–H groups in total. The van der Waals surface area contributed by atoms with E-state index in [9.17, 15) is 4.79 Å². The SMILES string of the molecule is CCCCCCOC(=O)/C=C(C)/C=C/C=C(C)/C=C/C1=C(C)CCCC1(C)C. The predicted octanol–water partition coefficient (Wildman–Crippen LogP) is 7.64. The summed E-state index contributed by atoms with van der Waals surface area (Å²) in [5.74, 6) is -0.249. The average molecular weight is 385 g/mol. The molecule has 2 nitrogen and oxygen atoms in total. The van der Waals surface area contributed by atoms with Gasteiger partial charge in [0.05, 0.1) is 6.61 Å². The molecule has 0 aromatic carbocycles. The van der Waals surface area contributed by atoms with Crippen molar-refractivity contribution in [3.8, 4) is 0 Å². The minimum atomic E-state index is -0.249. The van der Waals surface area contributed by atoms with Crippen molar-refractivity contribution in [3.63, 3.8) is 0 Å². The standard InChI is InChI=1S/C26H40O2/c1-7-8-9-10-19-28-25(27)20-22(3)14-11-13-21(2)16-17-24-23(4)15-12-18-26(24,5)6/h11,13-14,16-17,20H,7-10,12,15,18-19H2,1-6H3/b14-11+,17-16+,21-13+,22-20+. The maximum atomic E-state index is 11.8. The van der Waals surface area contributed by atoms with Crippen LogP contribution < -0.4 is 0 Å². The van der Waals surface area contributed by atoms with Crippen molar-refractivity contribution in [3.05, 3.63) is 58.7 Å². The monoisotopic (exact) mass is 384 g/mol. The average Bonchev–Trinajstić information content (AvgIpc) is 2.60. The Hall–Kier alpha value is -1.83. The molecule has 156 valence electrons. The highest BCUT2D eigenvalue weighted by molar-refractivity contribution is 5.83. The number of carbonyl (C=O) groups excluding carboxylic acids is 1. The highest BCUT2D eigenvalue weighted by Gasteiger charge is 2.26. The summed E-state index contributed by atoms with van der Waals surface area (Å²) in [6.45, 7) is 13.7. The second-order valence-electron chi connectivity index (χ2n) is 8.65. The molecule has 2 heteroatoms. The van der Waals surface area contributed by atoms with Crippen LogP contribution in [0.4, 0.5) is 0 Å². The van der Waals surface area contributed by atoms with Crippen molar-refractivity contribution in [2.75, 3.05) is 6.61 Å². The summed E-state index contributed by atoms with van der Waals surface area (Å²) < 4.78 is 5.24. The molecule has 0 radical (unpaired) electrons. The molecule has 0 fully saturated rings. The summed E-state index contributed by atoms with van der Waals surface area (Å²) in [5, 5.41) is 0. The van der Waals surface area contributed by atoms with Crippen LogP contribution in [-0.4, -0.2) is 12.6 Å². The van der Waals surface area contributed by atoms with Crippen molar-refractivity contribution >= 4 is 5.97 Å². The number of unbranched alkanes of at least 4 members (excludes halogenated alkanes) is 3. The van der Waals surface area contributed by atoms with E-state index in [0.717, 1.165) is 18.4 Å². The molecule has 0 spiro atoms. The van der Waals surface area contributed by atoms with Gasteiger partial charge >= 0.3 is 5.97 Å². The number of ether oxygens (including phenoxy) is 1. The molecule has 0 aliphatic heterocycles. The molecule has 0 bridgehead atoms. The van der Waals surface area contributed by atoms with Crippen molar-refractivity contribution in [1.82, 2.24) is 0 Å². The van der Waals surface area contributed by atoms with Gasteiger partial charge in [-0.25, -0.2) is 4.79 Å². The molecular weight excluding hydrogens is 344 g/mol. The Morgan fingerprint density at radius 2 is 1.86 bits per heavy atom. The van der Waals surface area contributed by atoms with Gasteiger partial charge in [0.15, 0.2) is 0 Å². The summed E-state index contributed by atoms with van der Waals surface area (Å²) in [5.41, 5.74) is 5.37. The largest absolute Gasteiger partial charge is 0.463 e. The van der Waals surface area contributed by atoms with Crippen LogP contribution >= 0.6 is 0 Å². The van der Waals surface area contributed by atoms with Crippen LogP contribution in [0.2, 0.25) is 0 Å². The fourth-order valence-corrected chi connectivity index (χ4v) is 3.61. The second kappa shape index (κ2) is 12.6. The van der Waals surface area contributed by atoms with Gasteiger partial charge in [0.2, 0.25) is 0 Å². The van der Waals surface area contributed by atoms with Crippen LogP contribution in [0.1, 0.15) is 86.5 Å². The molecule has 1 aliphatic rings. The zero-order valence-electron chi connectivity index (χ0n) is 18.9. The van der Waals surface area contributed by atoms with Gasteiger partial charge in [0.25, 0.3) is 0 Å². The fraction of sp³-hybridized carbons (Fsp3) is 0.577. The summed E-state index contributed by atoms with van der Waals surface area (Å²) in [6.07, 6.45) is 20.3. The van der Waals surface area contributed by atoms with Gasteiger partial charge < -0.3 is 4.74 Å². The van der Waals surface area contributed by atoms with E-state index < -0.39 is 0 Å². The number of esters is 1. The highest BCUT2D eigenvalue weighted by atomic mass is 16.5. The quantitative estimate of drug-likeness (QED) is 0.167. The molecule has 0 unspecified atom stereocenters. The van der Waals surface area contributed by atoms with E-state index in [-0.39, 0.29) is 11.4 Å². The predicted molar refractivity (Wildman–Crippen MR) is 121 cm³/mol. The lowest BCUT2D eigenvalue weighted by Crippen LogP contribution is -2.19. The Balaban J connectivity index is 2.55. The third kappa shape index (κ3) is 9.39. The zero-order chi connectivity index (χ0) is 21.0. The van der Waals surface area contributed by atoms with Crippen LogP contribution in [0.25, 0.3) is 0 Å².